The lowest BCUT2D eigenvalue weighted by atomic mass is 9.98. The number of Topliss-reactive ketones (excluding diaryl/α,β-unsaturated/α-hetero) is 1. The van der Waals surface area contributed by atoms with Crippen LogP contribution in [0.1, 0.15) is 150 Å². The molecule has 0 radical (unpaired) electrons. The van der Waals surface area contributed by atoms with E-state index in [9.17, 15) is 9.90 Å². The van der Waals surface area contributed by atoms with Crippen LogP contribution in [0.25, 0.3) is 0 Å². The zero-order chi connectivity index (χ0) is 33.4. The molecule has 0 aliphatic heterocycles. The molecular formula is C38H72O4Si2. The van der Waals surface area contributed by atoms with E-state index in [1.807, 2.05) is 12.1 Å². The molecule has 1 aromatic rings. The maximum atomic E-state index is 13.4. The molecule has 1 rings (SSSR count). The minimum atomic E-state index is -2.08. The van der Waals surface area contributed by atoms with Crippen LogP contribution >= 0.6 is 0 Å². The normalized spacial score (nSPS) is 14.5. The molecule has 0 heterocycles. The first-order chi connectivity index (χ1) is 20.4. The van der Waals surface area contributed by atoms with Crippen LogP contribution in [-0.4, -0.2) is 39.7 Å². The maximum Gasteiger partial charge on any atom is 0.192 e. The van der Waals surface area contributed by atoms with Gasteiger partial charge in [0.2, 0.25) is 0 Å². The highest BCUT2D eigenvalue weighted by atomic mass is 28.4. The number of carbonyl (C=O) groups excluding carboxylic acids is 1. The van der Waals surface area contributed by atoms with Gasteiger partial charge in [0.25, 0.3) is 0 Å². The lowest BCUT2D eigenvalue weighted by Gasteiger charge is -2.42. The van der Waals surface area contributed by atoms with Crippen LogP contribution in [0.3, 0.4) is 0 Å². The molecule has 0 aromatic heterocycles. The molecule has 0 bridgehead atoms. The van der Waals surface area contributed by atoms with Gasteiger partial charge in [-0.25, -0.2) is 0 Å². The van der Waals surface area contributed by atoms with Crippen LogP contribution in [0.4, 0.5) is 0 Å². The summed E-state index contributed by atoms with van der Waals surface area (Å²) in [6.07, 6.45) is 18.2. The number of phenols is 1. The molecule has 44 heavy (non-hydrogen) atoms. The van der Waals surface area contributed by atoms with E-state index in [1.165, 1.54) is 70.6 Å². The predicted molar refractivity (Wildman–Crippen MR) is 196 cm³/mol. The minimum absolute atomic E-state index is 0.0755. The number of aryl methyl sites for hydroxylation is 1. The third kappa shape index (κ3) is 16.6. The molecule has 1 aromatic carbocycles. The summed E-state index contributed by atoms with van der Waals surface area (Å²) in [7, 11) is -4.07. The van der Waals surface area contributed by atoms with Crippen molar-refractivity contribution in [2.24, 2.45) is 0 Å². The van der Waals surface area contributed by atoms with Crippen LogP contribution < -0.4 is 0 Å². The number of aromatic hydroxyl groups is 1. The van der Waals surface area contributed by atoms with Crippen LogP contribution in [0.5, 0.6) is 5.75 Å². The maximum absolute atomic E-state index is 13.4. The SMILES string of the molecule is CCCCCCCCCCCCC[C@H](C[C@@H](CC(=O)CCc1ccc(O)cc1)O[Si](C)(C)C(C)(C)C)O[Si](C)(C)C(C)(C)C. The third-order valence-electron chi connectivity index (χ3n) is 10.3. The first-order valence-corrected chi connectivity index (χ1v) is 23.8. The standard InChI is InChI=1S/C38H72O4Si2/c1-12-13-14-15-16-17-18-19-20-21-22-23-35(41-43(8,9)37(2,3)4)31-36(42-44(10,11)38(5,6)7)30-34(40)29-26-32-24-27-33(39)28-25-32/h24-25,27-28,35-36,39H,12-23,26,29-31H2,1-11H3/t35-,36-/m1/s1. The Balaban J connectivity index is 2.89. The Morgan fingerprint density at radius 2 is 1.14 bits per heavy atom. The van der Waals surface area contributed by atoms with E-state index in [1.54, 1.807) is 12.1 Å². The van der Waals surface area contributed by atoms with Gasteiger partial charge in [-0.2, -0.15) is 0 Å². The van der Waals surface area contributed by atoms with E-state index in [0.717, 1.165) is 18.4 Å². The number of unbranched alkanes of at least 4 members (excludes halogenated alkanes) is 10. The van der Waals surface area contributed by atoms with Crippen molar-refractivity contribution >= 4 is 22.4 Å². The molecule has 2 atom stereocenters. The number of hydrogen-bond donors (Lipinski definition) is 1. The fraction of sp³-hybridized carbons (Fsp3) is 0.816. The van der Waals surface area contributed by atoms with Gasteiger partial charge in [-0.05, 0) is 73.2 Å². The number of carbonyl (C=O) groups is 1. The molecule has 4 nitrogen and oxygen atoms in total. The van der Waals surface area contributed by atoms with Gasteiger partial charge in [-0.1, -0.05) is 131 Å². The molecule has 0 unspecified atom stereocenters. The van der Waals surface area contributed by atoms with Crippen molar-refractivity contribution in [2.45, 2.75) is 200 Å². The molecule has 0 fully saturated rings. The van der Waals surface area contributed by atoms with Gasteiger partial charge in [0.15, 0.2) is 16.6 Å². The highest BCUT2D eigenvalue weighted by Gasteiger charge is 2.42. The number of benzene rings is 1. The van der Waals surface area contributed by atoms with Gasteiger partial charge >= 0.3 is 0 Å². The molecule has 0 saturated heterocycles. The number of hydrogen-bond acceptors (Lipinski definition) is 4. The molecule has 6 heteroatoms. The summed E-state index contributed by atoms with van der Waals surface area (Å²) in [5.41, 5.74) is 1.08. The van der Waals surface area contributed by atoms with Crippen molar-refractivity contribution in [3.8, 4) is 5.75 Å². The highest BCUT2D eigenvalue weighted by Crippen LogP contribution is 2.41. The molecule has 256 valence electrons. The topological polar surface area (TPSA) is 55.8 Å². The quantitative estimate of drug-likeness (QED) is 0.0947. The molecule has 0 aliphatic carbocycles. The van der Waals surface area contributed by atoms with Gasteiger partial charge < -0.3 is 14.0 Å². The monoisotopic (exact) mass is 648 g/mol. The number of ketones is 1. The first-order valence-electron chi connectivity index (χ1n) is 18.0. The summed E-state index contributed by atoms with van der Waals surface area (Å²) < 4.78 is 14.1. The Labute approximate surface area is 275 Å². The molecule has 0 saturated carbocycles. The first kappa shape index (κ1) is 41.1. The molecular weight excluding hydrogens is 577 g/mol. The fourth-order valence-corrected chi connectivity index (χ4v) is 7.98. The van der Waals surface area contributed by atoms with Crippen LogP contribution in [0.2, 0.25) is 36.3 Å². The Kier molecular flexibility index (Phi) is 18.3. The smallest absolute Gasteiger partial charge is 0.192 e. The Morgan fingerprint density at radius 3 is 1.59 bits per heavy atom. The van der Waals surface area contributed by atoms with Crippen molar-refractivity contribution in [3.05, 3.63) is 29.8 Å². The zero-order valence-electron chi connectivity index (χ0n) is 30.9. The summed E-state index contributed by atoms with van der Waals surface area (Å²) in [5, 5.41) is 9.82. The number of phenolic OH excluding ortho intramolecular Hbond substituents is 1. The second-order valence-corrected chi connectivity index (χ2v) is 26.0. The summed E-state index contributed by atoms with van der Waals surface area (Å²) >= 11 is 0. The van der Waals surface area contributed by atoms with E-state index < -0.39 is 16.6 Å². The summed E-state index contributed by atoms with van der Waals surface area (Å²) in [6, 6.07) is 7.20. The molecule has 0 spiro atoms. The predicted octanol–water partition coefficient (Wildman–Crippen LogP) is 12.2. The highest BCUT2D eigenvalue weighted by molar-refractivity contribution is 6.74. The lowest BCUT2D eigenvalue weighted by molar-refractivity contribution is -0.121. The van der Waals surface area contributed by atoms with E-state index in [0.29, 0.717) is 19.3 Å². The third-order valence-corrected chi connectivity index (χ3v) is 19.3. The van der Waals surface area contributed by atoms with E-state index >= 15 is 0 Å². The average molecular weight is 649 g/mol. The van der Waals surface area contributed by atoms with Gasteiger partial charge in [0.1, 0.15) is 11.5 Å². The van der Waals surface area contributed by atoms with Gasteiger partial charge in [0.05, 0.1) is 6.10 Å². The van der Waals surface area contributed by atoms with Crippen molar-refractivity contribution < 1.29 is 18.8 Å². The van der Waals surface area contributed by atoms with Crippen LogP contribution in [0, 0.1) is 0 Å². The van der Waals surface area contributed by atoms with E-state index in [4.69, 9.17) is 8.85 Å². The van der Waals surface area contributed by atoms with Gasteiger partial charge in [0, 0.05) is 18.9 Å². The summed E-state index contributed by atoms with van der Waals surface area (Å²) in [5.74, 6) is 0.510. The fourth-order valence-electron chi connectivity index (χ4n) is 5.22. The van der Waals surface area contributed by atoms with Gasteiger partial charge in [-0.3, -0.25) is 4.79 Å². The second kappa shape index (κ2) is 19.6. The second-order valence-electron chi connectivity index (χ2n) is 16.5. The summed E-state index contributed by atoms with van der Waals surface area (Å²) in [4.78, 5) is 13.4. The summed E-state index contributed by atoms with van der Waals surface area (Å²) in [6.45, 7) is 25.4. The molecule has 0 aliphatic rings. The largest absolute Gasteiger partial charge is 0.508 e. The van der Waals surface area contributed by atoms with Gasteiger partial charge in [-0.15, -0.1) is 0 Å². The van der Waals surface area contributed by atoms with E-state index in [-0.39, 0.29) is 33.8 Å². The Morgan fingerprint density at radius 1 is 0.705 bits per heavy atom. The van der Waals surface area contributed by atoms with Crippen molar-refractivity contribution in [1.29, 1.82) is 0 Å². The molecule has 1 N–H and O–H groups in total. The average Bonchev–Trinajstić information content (AvgIpc) is 2.89. The number of rotatable bonds is 23. The Hall–Kier alpha value is -0.956. The minimum Gasteiger partial charge on any atom is -0.508 e. The van der Waals surface area contributed by atoms with Crippen molar-refractivity contribution in [2.75, 3.05) is 0 Å². The van der Waals surface area contributed by atoms with E-state index in [2.05, 4.69) is 74.7 Å². The van der Waals surface area contributed by atoms with Crippen molar-refractivity contribution in [1.82, 2.24) is 0 Å². The molecule has 0 amide bonds. The zero-order valence-corrected chi connectivity index (χ0v) is 32.9. The van der Waals surface area contributed by atoms with Crippen LogP contribution in [0.15, 0.2) is 24.3 Å². The Bertz CT molecular complexity index is 912. The van der Waals surface area contributed by atoms with Crippen molar-refractivity contribution in [3.63, 3.8) is 0 Å². The lowest BCUT2D eigenvalue weighted by Crippen LogP contribution is -2.47. The van der Waals surface area contributed by atoms with Crippen LogP contribution in [-0.2, 0) is 20.1 Å².